The van der Waals surface area contributed by atoms with E-state index in [1.807, 2.05) is 32.0 Å². The standard InChI is InChI=1S/C25H32N4O3S/c1-6-29(7-2)12-13-32-20-14-18(10-11-19(20)31-5)27-24(30)22-15(3)21-16(4)26-23(17-8-9-17)28-25(21)33-22/h10-11,14,17H,6-9,12-13H2,1-5H3,(H,27,30). The maximum absolute atomic E-state index is 13.2. The summed E-state index contributed by atoms with van der Waals surface area (Å²) in [5.41, 5.74) is 2.54. The minimum atomic E-state index is -0.151. The van der Waals surface area contributed by atoms with Crippen molar-refractivity contribution in [1.82, 2.24) is 14.9 Å². The highest BCUT2D eigenvalue weighted by molar-refractivity contribution is 7.20. The maximum Gasteiger partial charge on any atom is 0.266 e. The second-order valence-electron chi connectivity index (χ2n) is 8.37. The number of hydrogen-bond acceptors (Lipinski definition) is 7. The van der Waals surface area contributed by atoms with Crippen molar-refractivity contribution in [2.75, 3.05) is 38.7 Å². The van der Waals surface area contributed by atoms with Gasteiger partial charge in [-0.3, -0.25) is 4.79 Å². The molecule has 7 nitrogen and oxygen atoms in total. The molecule has 1 aliphatic rings. The predicted octanol–water partition coefficient (Wildman–Crippen LogP) is 5.17. The molecule has 0 bridgehead atoms. The fourth-order valence-corrected chi connectivity index (χ4v) is 5.11. The van der Waals surface area contributed by atoms with Gasteiger partial charge in [-0.05, 0) is 57.5 Å². The van der Waals surface area contributed by atoms with Crippen molar-refractivity contribution in [3.63, 3.8) is 0 Å². The third-order valence-corrected chi connectivity index (χ3v) is 7.30. The Balaban J connectivity index is 1.52. The number of aryl methyl sites for hydroxylation is 2. The van der Waals surface area contributed by atoms with Crippen molar-refractivity contribution in [3.8, 4) is 11.5 Å². The normalized spacial score (nSPS) is 13.5. The van der Waals surface area contributed by atoms with Crippen LogP contribution in [-0.2, 0) is 0 Å². The number of anilines is 1. The lowest BCUT2D eigenvalue weighted by Gasteiger charge is -2.19. The predicted molar refractivity (Wildman–Crippen MR) is 133 cm³/mol. The van der Waals surface area contributed by atoms with E-state index in [0.717, 1.165) is 59.8 Å². The quantitative estimate of drug-likeness (QED) is 0.443. The van der Waals surface area contributed by atoms with Crippen LogP contribution >= 0.6 is 11.3 Å². The van der Waals surface area contributed by atoms with E-state index >= 15 is 0 Å². The van der Waals surface area contributed by atoms with Gasteiger partial charge < -0.3 is 19.7 Å². The summed E-state index contributed by atoms with van der Waals surface area (Å²) in [5.74, 6) is 2.50. The lowest BCUT2D eigenvalue weighted by Crippen LogP contribution is -2.28. The summed E-state index contributed by atoms with van der Waals surface area (Å²) < 4.78 is 11.4. The first kappa shape index (κ1) is 23.4. The number of thiophene rings is 1. The largest absolute Gasteiger partial charge is 0.493 e. The first-order valence-electron chi connectivity index (χ1n) is 11.6. The molecule has 2 aromatic heterocycles. The molecule has 2 heterocycles. The van der Waals surface area contributed by atoms with Crippen LogP contribution in [0.25, 0.3) is 10.2 Å². The van der Waals surface area contributed by atoms with E-state index < -0.39 is 0 Å². The Morgan fingerprint density at radius 2 is 1.94 bits per heavy atom. The Morgan fingerprint density at radius 3 is 2.61 bits per heavy atom. The molecule has 8 heteroatoms. The van der Waals surface area contributed by atoms with E-state index in [0.29, 0.717) is 34.6 Å². The molecular formula is C25H32N4O3S. The van der Waals surface area contributed by atoms with Gasteiger partial charge >= 0.3 is 0 Å². The van der Waals surface area contributed by atoms with E-state index in [-0.39, 0.29) is 5.91 Å². The van der Waals surface area contributed by atoms with Gasteiger partial charge in [-0.2, -0.15) is 0 Å². The third kappa shape index (κ3) is 5.12. The van der Waals surface area contributed by atoms with Gasteiger partial charge in [0.05, 0.1) is 17.7 Å². The number of hydrogen-bond donors (Lipinski definition) is 1. The molecule has 33 heavy (non-hydrogen) atoms. The maximum atomic E-state index is 13.2. The summed E-state index contributed by atoms with van der Waals surface area (Å²) in [6.45, 7) is 11.6. The molecule has 0 radical (unpaired) electrons. The van der Waals surface area contributed by atoms with Crippen molar-refractivity contribution in [2.45, 2.75) is 46.5 Å². The number of likely N-dealkylation sites (N-methyl/N-ethyl adjacent to an activating group) is 1. The van der Waals surface area contributed by atoms with Crippen LogP contribution in [-0.4, -0.2) is 54.1 Å². The number of benzene rings is 1. The Bertz CT molecular complexity index is 1150. The van der Waals surface area contributed by atoms with E-state index in [4.69, 9.17) is 19.4 Å². The molecule has 1 N–H and O–H groups in total. The number of aromatic nitrogens is 2. The molecule has 0 spiro atoms. The fraction of sp³-hybridized carbons (Fsp3) is 0.480. The van der Waals surface area contributed by atoms with E-state index in [9.17, 15) is 4.79 Å². The minimum Gasteiger partial charge on any atom is -0.493 e. The summed E-state index contributed by atoms with van der Waals surface area (Å²) in [4.78, 5) is 26.5. The number of ether oxygens (including phenoxy) is 2. The molecule has 1 aliphatic carbocycles. The zero-order valence-electron chi connectivity index (χ0n) is 20.0. The smallest absolute Gasteiger partial charge is 0.266 e. The van der Waals surface area contributed by atoms with Gasteiger partial charge in [0, 0.05) is 29.6 Å². The molecule has 0 unspecified atom stereocenters. The van der Waals surface area contributed by atoms with Gasteiger partial charge in [0.2, 0.25) is 0 Å². The van der Waals surface area contributed by atoms with Crippen molar-refractivity contribution in [3.05, 3.63) is 40.2 Å². The van der Waals surface area contributed by atoms with Crippen LogP contribution in [0.4, 0.5) is 5.69 Å². The van der Waals surface area contributed by atoms with Crippen LogP contribution in [0.1, 0.15) is 59.4 Å². The third-order valence-electron chi connectivity index (χ3n) is 6.12. The number of carbonyl (C=O) groups excluding carboxylic acids is 1. The Labute approximate surface area is 199 Å². The molecule has 1 aromatic carbocycles. The average molecular weight is 469 g/mol. The van der Waals surface area contributed by atoms with Crippen LogP contribution < -0.4 is 14.8 Å². The molecule has 1 amide bonds. The number of methoxy groups -OCH3 is 1. The number of nitrogens with one attached hydrogen (secondary N) is 1. The van der Waals surface area contributed by atoms with Gasteiger partial charge in [0.15, 0.2) is 11.5 Å². The monoisotopic (exact) mass is 468 g/mol. The molecule has 0 aliphatic heterocycles. The van der Waals surface area contributed by atoms with Crippen molar-refractivity contribution < 1.29 is 14.3 Å². The number of rotatable bonds is 10. The number of nitrogens with zero attached hydrogens (tertiary/aromatic N) is 3. The number of carbonyl (C=O) groups is 1. The summed E-state index contributed by atoms with van der Waals surface area (Å²) in [5, 5.41) is 4.01. The summed E-state index contributed by atoms with van der Waals surface area (Å²) in [6.07, 6.45) is 2.30. The second kappa shape index (κ2) is 10.1. The van der Waals surface area contributed by atoms with Gasteiger partial charge in [-0.1, -0.05) is 13.8 Å². The van der Waals surface area contributed by atoms with Crippen molar-refractivity contribution in [1.29, 1.82) is 0 Å². The molecule has 1 saturated carbocycles. The van der Waals surface area contributed by atoms with Crippen LogP contribution in [0.3, 0.4) is 0 Å². The SMILES string of the molecule is CCN(CC)CCOc1cc(NC(=O)c2sc3nc(C4CC4)nc(C)c3c2C)ccc1OC. The van der Waals surface area contributed by atoms with Crippen molar-refractivity contribution in [2.24, 2.45) is 0 Å². The zero-order valence-corrected chi connectivity index (χ0v) is 20.8. The molecule has 3 aromatic rings. The molecule has 1 fully saturated rings. The van der Waals surface area contributed by atoms with E-state index in [1.165, 1.54) is 11.3 Å². The Kier molecular flexibility index (Phi) is 7.14. The molecule has 4 rings (SSSR count). The van der Waals surface area contributed by atoms with Gasteiger partial charge in [-0.25, -0.2) is 9.97 Å². The Morgan fingerprint density at radius 1 is 1.18 bits per heavy atom. The van der Waals surface area contributed by atoms with Crippen LogP contribution in [0.15, 0.2) is 18.2 Å². The molecule has 0 atom stereocenters. The topological polar surface area (TPSA) is 76.6 Å². The van der Waals surface area contributed by atoms with E-state index in [1.54, 1.807) is 7.11 Å². The number of amides is 1. The molecule has 0 saturated heterocycles. The van der Waals surface area contributed by atoms with Gasteiger partial charge in [0.25, 0.3) is 5.91 Å². The van der Waals surface area contributed by atoms with Crippen LogP contribution in [0, 0.1) is 13.8 Å². The summed E-state index contributed by atoms with van der Waals surface area (Å²) in [6, 6.07) is 5.46. The summed E-state index contributed by atoms with van der Waals surface area (Å²) >= 11 is 1.43. The molecular weight excluding hydrogens is 436 g/mol. The van der Waals surface area contributed by atoms with Crippen molar-refractivity contribution >= 4 is 33.1 Å². The van der Waals surface area contributed by atoms with Crippen LogP contribution in [0.2, 0.25) is 0 Å². The summed E-state index contributed by atoms with van der Waals surface area (Å²) in [7, 11) is 1.62. The second-order valence-corrected chi connectivity index (χ2v) is 9.37. The van der Waals surface area contributed by atoms with Crippen LogP contribution in [0.5, 0.6) is 11.5 Å². The Hall–Kier alpha value is -2.71. The zero-order chi connectivity index (χ0) is 23.5. The van der Waals surface area contributed by atoms with E-state index in [2.05, 4.69) is 24.1 Å². The molecule has 176 valence electrons. The highest BCUT2D eigenvalue weighted by Gasteiger charge is 2.28. The minimum absolute atomic E-state index is 0.151. The highest BCUT2D eigenvalue weighted by atomic mass is 32.1. The lowest BCUT2D eigenvalue weighted by atomic mass is 10.1. The van der Waals surface area contributed by atoms with Gasteiger partial charge in [-0.15, -0.1) is 11.3 Å². The highest BCUT2D eigenvalue weighted by Crippen LogP contribution is 2.40. The first-order valence-corrected chi connectivity index (χ1v) is 12.4. The van der Waals surface area contributed by atoms with Gasteiger partial charge in [0.1, 0.15) is 17.3 Å². The fourth-order valence-electron chi connectivity index (χ4n) is 3.98. The first-order chi connectivity index (χ1) is 15.9. The average Bonchev–Trinajstić information content (AvgIpc) is 3.60. The lowest BCUT2D eigenvalue weighted by molar-refractivity contribution is 0.103. The number of fused-ring (bicyclic) bond motifs is 1.